The van der Waals surface area contributed by atoms with E-state index in [0.717, 1.165) is 5.69 Å². The van der Waals surface area contributed by atoms with Gasteiger partial charge < -0.3 is 14.7 Å². The fraction of sp³-hybridized carbons (Fsp3) is 0.444. The second kappa shape index (κ2) is 8.20. The highest BCUT2D eigenvalue weighted by atomic mass is 32.2. The molecule has 1 aromatic carbocycles. The first kappa shape index (κ1) is 19.5. The minimum absolute atomic E-state index is 0.0491. The van der Waals surface area contributed by atoms with Gasteiger partial charge in [0.25, 0.3) is 0 Å². The predicted molar refractivity (Wildman–Crippen MR) is 101 cm³/mol. The van der Waals surface area contributed by atoms with Gasteiger partial charge in [-0.3, -0.25) is 4.79 Å². The molecule has 0 bridgehead atoms. The van der Waals surface area contributed by atoms with Crippen molar-refractivity contribution in [1.82, 2.24) is 14.4 Å². The highest BCUT2D eigenvalue weighted by Gasteiger charge is 2.33. The molecule has 0 unspecified atom stereocenters. The van der Waals surface area contributed by atoms with Crippen molar-refractivity contribution in [3.05, 3.63) is 41.8 Å². The number of sulfonamides is 1. The van der Waals surface area contributed by atoms with E-state index in [1.54, 1.807) is 13.8 Å². The van der Waals surface area contributed by atoms with E-state index in [-0.39, 0.29) is 10.8 Å². The van der Waals surface area contributed by atoms with Gasteiger partial charge in [-0.15, -0.1) is 0 Å². The molecule has 3 rings (SSSR count). The molecule has 0 atom stereocenters. The van der Waals surface area contributed by atoms with Crippen LogP contribution in [-0.2, 0) is 14.8 Å². The number of nitrogens with zero attached hydrogens (tertiary/aromatic N) is 3. The van der Waals surface area contributed by atoms with Crippen molar-refractivity contribution in [2.24, 2.45) is 0 Å². The van der Waals surface area contributed by atoms with Gasteiger partial charge in [0.15, 0.2) is 5.76 Å². The van der Waals surface area contributed by atoms with Crippen LogP contribution in [0.15, 0.2) is 39.8 Å². The topological polar surface area (TPSA) is 95.8 Å². The zero-order valence-corrected chi connectivity index (χ0v) is 16.3. The first-order valence-electron chi connectivity index (χ1n) is 8.88. The molecule has 1 aliphatic rings. The molecule has 1 fully saturated rings. The Bertz CT molecular complexity index is 868. The lowest BCUT2D eigenvalue weighted by atomic mass is 10.3. The monoisotopic (exact) mass is 392 g/mol. The number of carbonyl (C=O) groups is 1. The fourth-order valence-electron chi connectivity index (χ4n) is 3.17. The number of para-hydroxylation sites is 1. The quantitative estimate of drug-likeness (QED) is 0.803. The molecular weight excluding hydrogens is 368 g/mol. The van der Waals surface area contributed by atoms with Gasteiger partial charge in [0.1, 0.15) is 10.6 Å². The van der Waals surface area contributed by atoms with Crippen molar-refractivity contribution < 1.29 is 17.7 Å². The summed E-state index contributed by atoms with van der Waals surface area (Å²) in [5.41, 5.74) is 1.16. The Labute approximate surface area is 159 Å². The number of carbonyl (C=O) groups excluding carboxylic acids is 1. The van der Waals surface area contributed by atoms with Crippen LogP contribution >= 0.6 is 0 Å². The van der Waals surface area contributed by atoms with Crippen LogP contribution in [0, 0.1) is 13.8 Å². The lowest BCUT2D eigenvalue weighted by molar-refractivity contribution is -0.116. The molecule has 0 spiro atoms. The number of rotatable bonds is 6. The number of piperazine rings is 1. The molecule has 1 aromatic heterocycles. The zero-order valence-electron chi connectivity index (χ0n) is 15.5. The third kappa shape index (κ3) is 4.55. The Morgan fingerprint density at radius 2 is 1.81 bits per heavy atom. The third-order valence-electron chi connectivity index (χ3n) is 4.61. The maximum atomic E-state index is 12.8. The van der Waals surface area contributed by atoms with Crippen molar-refractivity contribution in [2.45, 2.75) is 25.2 Å². The van der Waals surface area contributed by atoms with E-state index in [1.165, 1.54) is 4.31 Å². The summed E-state index contributed by atoms with van der Waals surface area (Å²) in [7, 11) is -3.60. The predicted octanol–water partition coefficient (Wildman–Crippen LogP) is 1.63. The number of aryl methyl sites for hydroxylation is 2. The summed E-state index contributed by atoms with van der Waals surface area (Å²) in [6, 6.07) is 9.32. The summed E-state index contributed by atoms with van der Waals surface area (Å²) in [5.74, 6) is 0.263. The van der Waals surface area contributed by atoms with Gasteiger partial charge in [-0.05, 0) is 26.0 Å². The van der Waals surface area contributed by atoms with Crippen molar-refractivity contribution in [2.75, 3.05) is 38.0 Å². The smallest absolute Gasteiger partial charge is 0.248 e. The lowest BCUT2D eigenvalue weighted by Gasteiger charge is -2.33. The molecule has 1 saturated heterocycles. The van der Waals surface area contributed by atoms with Crippen molar-refractivity contribution in [3.8, 4) is 0 Å². The van der Waals surface area contributed by atoms with Gasteiger partial charge in [0, 0.05) is 44.8 Å². The summed E-state index contributed by atoms with van der Waals surface area (Å²) in [4.78, 5) is 14.3. The normalized spacial score (nSPS) is 16.4. The SMILES string of the molecule is Cc1noc(C)c1S(=O)(=O)N1CCN(CCC(=O)Nc2ccccc2)CC1. The number of nitrogens with one attached hydrogen (secondary N) is 1. The Morgan fingerprint density at radius 1 is 1.15 bits per heavy atom. The van der Waals surface area contributed by atoms with Crippen molar-refractivity contribution >= 4 is 21.6 Å². The molecular formula is C18H24N4O4S. The number of amides is 1. The van der Waals surface area contributed by atoms with E-state index in [2.05, 4.69) is 15.4 Å². The van der Waals surface area contributed by atoms with Crippen LogP contribution in [0.5, 0.6) is 0 Å². The number of hydrogen-bond acceptors (Lipinski definition) is 6. The summed E-state index contributed by atoms with van der Waals surface area (Å²) in [6.07, 6.45) is 0.367. The fourth-order valence-corrected chi connectivity index (χ4v) is 4.88. The highest BCUT2D eigenvalue weighted by molar-refractivity contribution is 7.89. The minimum atomic E-state index is -3.60. The molecule has 27 heavy (non-hydrogen) atoms. The molecule has 2 aromatic rings. The van der Waals surface area contributed by atoms with Crippen LogP contribution in [0.2, 0.25) is 0 Å². The molecule has 2 heterocycles. The average Bonchev–Trinajstić information content (AvgIpc) is 3.00. The van der Waals surface area contributed by atoms with Gasteiger partial charge in [-0.25, -0.2) is 8.42 Å². The lowest BCUT2D eigenvalue weighted by Crippen LogP contribution is -2.49. The van der Waals surface area contributed by atoms with Gasteiger partial charge in [-0.2, -0.15) is 4.31 Å². The summed E-state index contributed by atoms with van der Waals surface area (Å²) >= 11 is 0. The first-order chi connectivity index (χ1) is 12.9. The summed E-state index contributed by atoms with van der Waals surface area (Å²) < 4.78 is 32.1. The van der Waals surface area contributed by atoms with E-state index < -0.39 is 10.0 Å². The summed E-state index contributed by atoms with van der Waals surface area (Å²) in [5, 5.41) is 6.60. The maximum Gasteiger partial charge on any atom is 0.248 e. The molecule has 9 heteroatoms. The van der Waals surface area contributed by atoms with Crippen LogP contribution in [0.4, 0.5) is 5.69 Å². The molecule has 0 aliphatic carbocycles. The van der Waals surface area contributed by atoms with E-state index in [1.807, 2.05) is 30.3 Å². The van der Waals surface area contributed by atoms with Crippen LogP contribution in [0.25, 0.3) is 0 Å². The number of anilines is 1. The maximum absolute atomic E-state index is 12.8. The van der Waals surface area contributed by atoms with Gasteiger partial charge in [0.2, 0.25) is 15.9 Å². The van der Waals surface area contributed by atoms with Crippen molar-refractivity contribution in [3.63, 3.8) is 0 Å². The molecule has 8 nitrogen and oxygen atoms in total. The second-order valence-corrected chi connectivity index (χ2v) is 8.44. The van der Waals surface area contributed by atoms with Gasteiger partial charge >= 0.3 is 0 Å². The molecule has 0 saturated carbocycles. The van der Waals surface area contributed by atoms with E-state index >= 15 is 0 Å². The first-order valence-corrected chi connectivity index (χ1v) is 10.3. The highest BCUT2D eigenvalue weighted by Crippen LogP contribution is 2.24. The molecule has 1 amide bonds. The Kier molecular flexibility index (Phi) is 5.93. The number of benzene rings is 1. The van der Waals surface area contributed by atoms with Crippen LogP contribution in [0.1, 0.15) is 17.9 Å². The Balaban J connectivity index is 1.50. The van der Waals surface area contributed by atoms with Crippen LogP contribution in [-0.4, -0.2) is 61.4 Å². The van der Waals surface area contributed by atoms with E-state index in [9.17, 15) is 13.2 Å². The number of hydrogen-bond donors (Lipinski definition) is 1. The van der Waals surface area contributed by atoms with Crippen LogP contribution in [0.3, 0.4) is 0 Å². The second-order valence-electron chi connectivity index (χ2n) is 6.56. The molecule has 1 aliphatic heterocycles. The molecule has 1 N–H and O–H groups in total. The standard InChI is InChI=1S/C18H24N4O4S/c1-14-18(15(2)26-20-14)27(24,25)22-12-10-21(11-13-22)9-8-17(23)19-16-6-4-3-5-7-16/h3-7H,8-13H2,1-2H3,(H,19,23). The van der Waals surface area contributed by atoms with E-state index in [0.29, 0.717) is 50.6 Å². The van der Waals surface area contributed by atoms with Crippen molar-refractivity contribution in [1.29, 1.82) is 0 Å². The van der Waals surface area contributed by atoms with Crippen LogP contribution < -0.4 is 5.32 Å². The molecule has 0 radical (unpaired) electrons. The minimum Gasteiger partial charge on any atom is -0.360 e. The summed E-state index contributed by atoms with van der Waals surface area (Å²) in [6.45, 7) is 5.76. The largest absolute Gasteiger partial charge is 0.360 e. The number of aromatic nitrogens is 1. The third-order valence-corrected chi connectivity index (χ3v) is 6.75. The molecule has 146 valence electrons. The van der Waals surface area contributed by atoms with E-state index in [4.69, 9.17) is 4.52 Å². The van der Waals surface area contributed by atoms with Gasteiger partial charge in [0.05, 0.1) is 0 Å². The Morgan fingerprint density at radius 3 is 2.41 bits per heavy atom. The Hall–Kier alpha value is -2.23. The van der Waals surface area contributed by atoms with Gasteiger partial charge in [-0.1, -0.05) is 23.4 Å². The zero-order chi connectivity index (χ0) is 19.4. The average molecular weight is 392 g/mol.